The molecule has 4 aromatic carbocycles. The van der Waals surface area contributed by atoms with Crippen LogP contribution in [0.4, 0.5) is 0 Å². The van der Waals surface area contributed by atoms with E-state index >= 15 is 0 Å². The Morgan fingerprint density at radius 1 is 0.696 bits per heavy atom. The van der Waals surface area contributed by atoms with E-state index in [0.29, 0.717) is 35.4 Å². The minimum absolute atomic E-state index is 0.0291. The van der Waals surface area contributed by atoms with Crippen LogP contribution in [-0.4, -0.2) is 65.4 Å². The molecule has 4 aromatic rings. The molecule has 8 heteroatoms. The molecule has 240 valence electrons. The van der Waals surface area contributed by atoms with Gasteiger partial charge in [0.15, 0.2) is 23.0 Å². The summed E-state index contributed by atoms with van der Waals surface area (Å²) in [5.74, 6) is 4.96. The average molecular weight is 623 g/mol. The maximum Gasteiger partial charge on any atom is 0.203 e. The summed E-state index contributed by atoms with van der Waals surface area (Å²) in [5, 5.41) is 0. The van der Waals surface area contributed by atoms with Crippen LogP contribution in [0, 0.1) is 0 Å². The molecule has 46 heavy (non-hydrogen) atoms. The number of nitrogens with zero attached hydrogens (tertiary/aromatic N) is 2. The summed E-state index contributed by atoms with van der Waals surface area (Å²) < 4.78 is 36.9. The highest BCUT2D eigenvalue weighted by Gasteiger charge is 2.34. The molecule has 0 aromatic heterocycles. The molecule has 6 bridgehead atoms. The van der Waals surface area contributed by atoms with Crippen LogP contribution in [0.15, 0.2) is 60.7 Å². The van der Waals surface area contributed by atoms with Crippen LogP contribution >= 0.6 is 0 Å². The van der Waals surface area contributed by atoms with Crippen molar-refractivity contribution in [3.8, 4) is 40.2 Å². The predicted molar refractivity (Wildman–Crippen MR) is 177 cm³/mol. The van der Waals surface area contributed by atoms with Gasteiger partial charge in [-0.25, -0.2) is 0 Å². The molecule has 8 nitrogen and oxygen atoms in total. The van der Waals surface area contributed by atoms with Crippen molar-refractivity contribution in [1.82, 2.24) is 9.80 Å². The van der Waals surface area contributed by atoms with Gasteiger partial charge in [0.1, 0.15) is 18.1 Å². The number of methoxy groups -OCH3 is 4. The van der Waals surface area contributed by atoms with Crippen LogP contribution in [0.2, 0.25) is 0 Å². The zero-order chi connectivity index (χ0) is 31.9. The summed E-state index contributed by atoms with van der Waals surface area (Å²) in [6.07, 6.45) is 2.56. The van der Waals surface area contributed by atoms with Crippen molar-refractivity contribution < 1.29 is 28.4 Å². The van der Waals surface area contributed by atoms with E-state index in [1.165, 1.54) is 22.3 Å². The topological polar surface area (TPSA) is 61.9 Å². The first-order chi connectivity index (χ1) is 22.4. The zero-order valence-electron chi connectivity index (χ0n) is 27.5. The normalized spacial score (nSPS) is 19.2. The van der Waals surface area contributed by atoms with Crippen LogP contribution in [0.3, 0.4) is 0 Å². The molecule has 0 saturated heterocycles. The van der Waals surface area contributed by atoms with Gasteiger partial charge in [-0.1, -0.05) is 18.2 Å². The SMILES string of the molecule is COc1cc2c3cc1COc1c(OC)c(OC)cc4c1C(Cc1ccc(OC)c(c1)Oc1ccc(cc1)C3N(C)CC2)N(C)CC4. The lowest BCUT2D eigenvalue weighted by Crippen LogP contribution is -2.34. The van der Waals surface area contributed by atoms with Gasteiger partial charge in [-0.15, -0.1) is 0 Å². The van der Waals surface area contributed by atoms with Gasteiger partial charge in [0.05, 0.1) is 34.5 Å². The maximum atomic E-state index is 6.87. The molecular weight excluding hydrogens is 580 g/mol. The van der Waals surface area contributed by atoms with Gasteiger partial charge in [0.2, 0.25) is 5.75 Å². The molecule has 0 spiro atoms. The molecule has 2 unspecified atom stereocenters. The van der Waals surface area contributed by atoms with Gasteiger partial charge in [-0.2, -0.15) is 0 Å². The molecule has 0 radical (unpaired) electrons. The zero-order valence-corrected chi connectivity index (χ0v) is 27.5. The van der Waals surface area contributed by atoms with Crippen molar-refractivity contribution in [3.63, 3.8) is 0 Å². The summed E-state index contributed by atoms with van der Waals surface area (Å²) in [6, 6.07) is 21.3. The largest absolute Gasteiger partial charge is 0.496 e. The number of likely N-dealkylation sites (N-methyl/N-ethyl adjacent to an activating group) is 2. The fourth-order valence-corrected chi connectivity index (χ4v) is 7.38. The van der Waals surface area contributed by atoms with E-state index < -0.39 is 0 Å². The predicted octanol–water partition coefficient (Wildman–Crippen LogP) is 6.75. The molecule has 8 rings (SSSR count). The van der Waals surface area contributed by atoms with E-state index in [2.05, 4.69) is 78.5 Å². The summed E-state index contributed by atoms with van der Waals surface area (Å²) >= 11 is 0. The van der Waals surface area contributed by atoms with Crippen molar-refractivity contribution in [1.29, 1.82) is 0 Å². The maximum absolute atomic E-state index is 6.87. The lowest BCUT2D eigenvalue weighted by molar-refractivity contribution is 0.209. The second-order valence-corrected chi connectivity index (χ2v) is 12.4. The van der Waals surface area contributed by atoms with Crippen LogP contribution in [0.5, 0.6) is 40.2 Å². The van der Waals surface area contributed by atoms with Crippen molar-refractivity contribution in [2.45, 2.75) is 38.0 Å². The molecule has 2 atom stereocenters. The third-order valence-corrected chi connectivity index (χ3v) is 9.81. The van der Waals surface area contributed by atoms with Gasteiger partial charge in [-0.3, -0.25) is 9.80 Å². The Kier molecular flexibility index (Phi) is 8.17. The number of fused-ring (bicyclic) bond motifs is 3. The first-order valence-electron chi connectivity index (χ1n) is 15.9. The Morgan fingerprint density at radius 3 is 2.15 bits per heavy atom. The molecule has 0 saturated carbocycles. The van der Waals surface area contributed by atoms with Crippen molar-refractivity contribution in [2.75, 3.05) is 55.6 Å². The first kappa shape index (κ1) is 30.3. The monoisotopic (exact) mass is 622 g/mol. The summed E-state index contributed by atoms with van der Waals surface area (Å²) in [5.41, 5.74) is 8.19. The van der Waals surface area contributed by atoms with Gasteiger partial charge in [0, 0.05) is 30.3 Å². The Morgan fingerprint density at radius 2 is 1.41 bits per heavy atom. The minimum atomic E-state index is 0.0291. The Labute approximate surface area is 271 Å². The van der Waals surface area contributed by atoms with Crippen molar-refractivity contribution in [2.24, 2.45) is 0 Å². The van der Waals surface area contributed by atoms with Gasteiger partial charge in [0.25, 0.3) is 0 Å². The Balaban J connectivity index is 1.44. The molecule has 4 heterocycles. The lowest BCUT2D eigenvalue weighted by Gasteiger charge is -2.37. The van der Waals surface area contributed by atoms with E-state index in [1.807, 2.05) is 6.07 Å². The highest BCUT2D eigenvalue weighted by Crippen LogP contribution is 2.49. The second kappa shape index (κ2) is 12.4. The van der Waals surface area contributed by atoms with Crippen LogP contribution in [-0.2, 0) is 25.9 Å². The lowest BCUT2D eigenvalue weighted by atomic mass is 9.86. The minimum Gasteiger partial charge on any atom is -0.496 e. The van der Waals surface area contributed by atoms with Crippen LogP contribution < -0.4 is 28.4 Å². The number of benzene rings is 4. The standard InChI is InChI=1S/C38H42N2O6/c1-39-15-14-26-21-34(43-5)37(44-6)38-35(26)30(39)17-23-7-12-31(41-3)33(18-23)46-28-10-8-24(9-11-28)36-29-19-27(22-45-38)32(42-4)20-25(29)13-16-40(36)2/h7-12,18-21,30,36H,13-17,22H2,1-6H3. The van der Waals surface area contributed by atoms with Gasteiger partial charge >= 0.3 is 0 Å². The summed E-state index contributed by atoms with van der Waals surface area (Å²) in [4.78, 5) is 4.80. The number of rotatable bonds is 4. The smallest absolute Gasteiger partial charge is 0.203 e. The van der Waals surface area contributed by atoms with Crippen molar-refractivity contribution >= 4 is 0 Å². The fourth-order valence-electron chi connectivity index (χ4n) is 7.38. The Hall–Kier alpha value is -4.40. The number of ether oxygens (including phenoxy) is 6. The number of hydrogen-bond acceptors (Lipinski definition) is 8. The van der Waals surface area contributed by atoms with E-state index in [4.69, 9.17) is 28.4 Å². The van der Waals surface area contributed by atoms with E-state index in [0.717, 1.165) is 60.5 Å². The van der Waals surface area contributed by atoms with Gasteiger partial charge < -0.3 is 28.4 Å². The van der Waals surface area contributed by atoms with Crippen LogP contribution in [0.1, 0.15) is 51.0 Å². The molecule has 0 amide bonds. The molecule has 0 aliphatic carbocycles. The third kappa shape index (κ3) is 5.29. The molecule has 4 aliphatic heterocycles. The van der Waals surface area contributed by atoms with E-state index in [9.17, 15) is 0 Å². The molecule has 4 aliphatic rings. The third-order valence-electron chi connectivity index (χ3n) is 9.81. The molecular formula is C38H42N2O6. The first-order valence-corrected chi connectivity index (χ1v) is 15.9. The van der Waals surface area contributed by atoms with Crippen molar-refractivity contribution in [3.05, 3.63) is 99.6 Å². The van der Waals surface area contributed by atoms with E-state index in [1.54, 1.807) is 28.4 Å². The summed E-state index contributed by atoms with van der Waals surface area (Å²) in [6.45, 7) is 2.17. The number of hydrogen-bond donors (Lipinski definition) is 0. The Bertz CT molecular complexity index is 1750. The van der Waals surface area contributed by atoms with Crippen LogP contribution in [0.25, 0.3) is 0 Å². The molecule has 0 fully saturated rings. The second-order valence-electron chi connectivity index (χ2n) is 12.4. The average Bonchev–Trinajstić information content (AvgIpc) is 3.07. The van der Waals surface area contributed by atoms with Gasteiger partial charge in [-0.05, 0) is 104 Å². The quantitative estimate of drug-likeness (QED) is 0.248. The summed E-state index contributed by atoms with van der Waals surface area (Å²) in [7, 11) is 11.1. The van der Waals surface area contributed by atoms with E-state index in [-0.39, 0.29) is 12.1 Å². The highest BCUT2D eigenvalue weighted by atomic mass is 16.5. The molecule has 0 N–H and O–H groups in total. The highest BCUT2D eigenvalue weighted by molar-refractivity contribution is 5.61. The fraction of sp³-hybridized carbons (Fsp3) is 0.368.